The van der Waals surface area contributed by atoms with Crippen LogP contribution in [0, 0.1) is 0 Å². The Morgan fingerprint density at radius 3 is 2.32 bits per heavy atom. The van der Waals surface area contributed by atoms with Crippen molar-refractivity contribution in [3.05, 3.63) is 0 Å². The molecule has 0 saturated carbocycles. The van der Waals surface area contributed by atoms with Crippen molar-refractivity contribution in [2.24, 2.45) is 0 Å². The summed E-state index contributed by atoms with van der Waals surface area (Å²) >= 11 is 5.44. The zero-order valence-corrected chi connectivity index (χ0v) is 16.7. The van der Waals surface area contributed by atoms with E-state index in [4.69, 9.17) is 17.3 Å². The Kier molecular flexibility index (Phi) is 10.7. The molecule has 0 aromatic rings. The van der Waals surface area contributed by atoms with E-state index >= 15 is 0 Å². The minimum absolute atomic E-state index is 0.0947. The summed E-state index contributed by atoms with van der Waals surface area (Å²) in [4.78, 5) is 26.6. The molecule has 0 aliphatic carbocycles. The van der Waals surface area contributed by atoms with Crippen molar-refractivity contribution in [3.8, 4) is 0 Å². The van der Waals surface area contributed by atoms with E-state index in [-0.39, 0.29) is 18.4 Å². The molecule has 1 atom stereocenters. The van der Waals surface area contributed by atoms with Gasteiger partial charge in [-0.15, -0.1) is 0 Å². The second-order valence-electron chi connectivity index (χ2n) is 7.00. The number of hydrogen-bond acceptors (Lipinski definition) is 3. The van der Waals surface area contributed by atoms with Crippen LogP contribution in [-0.4, -0.2) is 51.5 Å². The second-order valence-corrected chi connectivity index (χ2v) is 7.37. The smallest absolute Gasteiger partial charge is 0.303 e. The van der Waals surface area contributed by atoms with Gasteiger partial charge in [-0.25, -0.2) is 0 Å². The maximum atomic E-state index is 12.4. The fraction of sp³-hybridized carbons (Fsp3) is 0.842. The monoisotopic (exact) mass is 370 g/mol. The molecule has 1 heterocycles. The molecule has 1 aliphatic heterocycles. The topological polar surface area (TPSA) is 60.9 Å². The number of unbranched alkanes of at least 4 members (excludes halogenated alkanes) is 8. The average molecular weight is 371 g/mol. The maximum absolute atomic E-state index is 12.4. The van der Waals surface area contributed by atoms with Crippen LogP contribution < -0.4 is 0 Å². The van der Waals surface area contributed by atoms with Gasteiger partial charge in [0.2, 0.25) is 0 Å². The summed E-state index contributed by atoms with van der Waals surface area (Å²) in [5, 5.41) is 9.30. The quantitative estimate of drug-likeness (QED) is 0.367. The molecule has 1 fully saturated rings. The Hall–Kier alpha value is -1.17. The van der Waals surface area contributed by atoms with Gasteiger partial charge in [-0.2, -0.15) is 0 Å². The highest BCUT2D eigenvalue weighted by Gasteiger charge is 2.39. The first-order valence-electron chi connectivity index (χ1n) is 9.79. The summed E-state index contributed by atoms with van der Waals surface area (Å²) in [6.07, 6.45) is 12.0. The zero-order chi connectivity index (χ0) is 18.7. The van der Waals surface area contributed by atoms with Crippen molar-refractivity contribution in [2.45, 2.75) is 90.0 Å². The van der Waals surface area contributed by atoms with Crippen LogP contribution >= 0.6 is 12.2 Å². The Labute approximate surface area is 157 Å². The number of aliphatic carboxylic acids is 1. The largest absolute Gasteiger partial charge is 0.481 e. The van der Waals surface area contributed by atoms with Crippen molar-refractivity contribution in [1.82, 2.24) is 9.80 Å². The summed E-state index contributed by atoms with van der Waals surface area (Å²) in [7, 11) is 1.77. The predicted molar refractivity (Wildman–Crippen MR) is 105 cm³/mol. The number of carbonyl (C=O) groups is 2. The highest BCUT2D eigenvalue weighted by atomic mass is 32.1. The van der Waals surface area contributed by atoms with Crippen LogP contribution in [0.2, 0.25) is 0 Å². The molecule has 0 radical (unpaired) electrons. The number of carbonyl (C=O) groups excluding carboxylic acids is 1. The third kappa shape index (κ3) is 7.72. The standard InChI is InChI=1S/C19H34N2O3S/c1-3-4-5-6-7-10-13-16-18(24)20(2)19(25)21(16)15-12-9-8-11-14-17(22)23/h16H,3-15H2,1-2H3,(H,22,23). The first kappa shape index (κ1) is 21.9. The van der Waals surface area contributed by atoms with Gasteiger partial charge in [-0.3, -0.25) is 14.5 Å². The fourth-order valence-corrected chi connectivity index (χ4v) is 3.65. The van der Waals surface area contributed by atoms with Gasteiger partial charge < -0.3 is 10.0 Å². The van der Waals surface area contributed by atoms with Crippen molar-refractivity contribution < 1.29 is 14.7 Å². The van der Waals surface area contributed by atoms with Gasteiger partial charge in [-0.1, -0.05) is 58.3 Å². The van der Waals surface area contributed by atoms with Crippen molar-refractivity contribution in [1.29, 1.82) is 0 Å². The lowest BCUT2D eigenvalue weighted by molar-refractivity contribution is -0.137. The highest BCUT2D eigenvalue weighted by Crippen LogP contribution is 2.22. The number of likely N-dealkylation sites (N-methyl/N-ethyl adjacent to an activating group) is 1. The van der Waals surface area contributed by atoms with Crippen LogP contribution in [0.1, 0.15) is 84.0 Å². The highest BCUT2D eigenvalue weighted by molar-refractivity contribution is 7.80. The first-order valence-corrected chi connectivity index (χ1v) is 10.2. The number of amides is 1. The third-order valence-electron chi connectivity index (χ3n) is 4.90. The molecule has 25 heavy (non-hydrogen) atoms. The molecule has 5 nitrogen and oxygen atoms in total. The number of rotatable bonds is 14. The van der Waals surface area contributed by atoms with Crippen molar-refractivity contribution >= 4 is 29.2 Å². The predicted octanol–water partition coefficient (Wildman–Crippen LogP) is 4.20. The Bertz CT molecular complexity index is 442. The maximum Gasteiger partial charge on any atom is 0.303 e. The SMILES string of the molecule is CCCCCCCCC1C(=O)N(C)C(=S)N1CCCCCCC(=O)O. The lowest BCUT2D eigenvalue weighted by atomic mass is 10.0. The molecule has 1 amide bonds. The van der Waals surface area contributed by atoms with Gasteiger partial charge in [-0.05, 0) is 31.5 Å². The number of carboxylic acid groups (broad SMARTS) is 1. The molecule has 0 spiro atoms. The molecular weight excluding hydrogens is 336 g/mol. The molecule has 0 aromatic heterocycles. The van der Waals surface area contributed by atoms with Crippen LogP contribution in [-0.2, 0) is 9.59 Å². The van der Waals surface area contributed by atoms with E-state index < -0.39 is 5.97 Å². The molecular formula is C19H34N2O3S. The molecule has 144 valence electrons. The Balaban J connectivity index is 2.33. The molecule has 6 heteroatoms. The first-order chi connectivity index (χ1) is 12.0. The molecule has 0 aromatic carbocycles. The normalized spacial score (nSPS) is 17.6. The van der Waals surface area contributed by atoms with Gasteiger partial charge in [0.15, 0.2) is 5.11 Å². The molecule has 1 aliphatic rings. The second kappa shape index (κ2) is 12.2. The fourth-order valence-electron chi connectivity index (χ4n) is 3.34. The van der Waals surface area contributed by atoms with Gasteiger partial charge in [0, 0.05) is 20.0 Å². The van der Waals surface area contributed by atoms with E-state index in [0.717, 1.165) is 45.1 Å². The summed E-state index contributed by atoms with van der Waals surface area (Å²) in [6.45, 7) is 3.01. The van der Waals surface area contributed by atoms with Gasteiger partial charge in [0.1, 0.15) is 6.04 Å². The van der Waals surface area contributed by atoms with E-state index in [2.05, 4.69) is 11.8 Å². The molecule has 1 unspecified atom stereocenters. The lowest BCUT2D eigenvalue weighted by Gasteiger charge is -2.23. The van der Waals surface area contributed by atoms with Gasteiger partial charge in [0.25, 0.3) is 5.91 Å². The Morgan fingerprint density at radius 2 is 1.64 bits per heavy atom. The summed E-state index contributed by atoms with van der Waals surface area (Å²) in [5.41, 5.74) is 0. The number of nitrogens with zero attached hydrogens (tertiary/aromatic N) is 2. The van der Waals surface area contributed by atoms with Crippen LogP contribution in [0.15, 0.2) is 0 Å². The number of hydrogen-bond donors (Lipinski definition) is 1. The lowest BCUT2D eigenvalue weighted by Crippen LogP contribution is -2.35. The summed E-state index contributed by atoms with van der Waals surface area (Å²) in [5.74, 6) is -0.601. The van der Waals surface area contributed by atoms with Crippen molar-refractivity contribution in [2.75, 3.05) is 13.6 Å². The van der Waals surface area contributed by atoms with E-state index in [1.165, 1.54) is 32.1 Å². The van der Waals surface area contributed by atoms with Crippen LogP contribution in [0.3, 0.4) is 0 Å². The molecule has 0 bridgehead atoms. The van der Waals surface area contributed by atoms with E-state index in [0.29, 0.717) is 5.11 Å². The van der Waals surface area contributed by atoms with Crippen LogP contribution in [0.5, 0.6) is 0 Å². The Morgan fingerprint density at radius 1 is 1.04 bits per heavy atom. The zero-order valence-electron chi connectivity index (χ0n) is 15.8. The molecule has 1 saturated heterocycles. The third-order valence-corrected chi connectivity index (χ3v) is 5.40. The molecule has 1 rings (SSSR count). The van der Waals surface area contributed by atoms with Gasteiger partial charge in [0.05, 0.1) is 0 Å². The molecule has 1 N–H and O–H groups in total. The number of carboxylic acids is 1. The van der Waals surface area contributed by atoms with Crippen LogP contribution in [0.4, 0.5) is 0 Å². The van der Waals surface area contributed by atoms with Gasteiger partial charge >= 0.3 is 5.97 Å². The summed E-state index contributed by atoms with van der Waals surface area (Å²) in [6, 6.07) is -0.0947. The summed E-state index contributed by atoms with van der Waals surface area (Å²) < 4.78 is 0. The van der Waals surface area contributed by atoms with Crippen LogP contribution in [0.25, 0.3) is 0 Å². The minimum atomic E-state index is -0.730. The number of thiocarbonyl (C=S) groups is 1. The van der Waals surface area contributed by atoms with E-state index in [1.807, 2.05) is 0 Å². The average Bonchev–Trinajstić information content (AvgIpc) is 2.78. The van der Waals surface area contributed by atoms with E-state index in [9.17, 15) is 9.59 Å². The minimum Gasteiger partial charge on any atom is -0.481 e. The van der Waals surface area contributed by atoms with Crippen molar-refractivity contribution in [3.63, 3.8) is 0 Å². The van der Waals surface area contributed by atoms with E-state index in [1.54, 1.807) is 11.9 Å².